The zero-order valence-electron chi connectivity index (χ0n) is 11.9. The Balaban J connectivity index is 1.75. The molecule has 0 aromatic rings. The molecule has 1 heterocycles. The van der Waals surface area contributed by atoms with Gasteiger partial charge in [0, 0.05) is 6.04 Å². The average Bonchev–Trinajstić information content (AvgIpc) is 2.92. The Morgan fingerprint density at radius 1 is 1.20 bits per heavy atom. The Kier molecular flexibility index (Phi) is 3.52. The molecule has 0 aromatic carbocycles. The van der Waals surface area contributed by atoms with E-state index >= 15 is 0 Å². The Hall–Kier alpha value is -1.39. The second-order valence-corrected chi connectivity index (χ2v) is 6.38. The topological polar surface area (TPSA) is 66.5 Å². The molecular weight excluding hydrogens is 256 g/mol. The maximum atomic E-state index is 12.6. The monoisotopic (exact) mass is 278 g/mol. The maximum absolute atomic E-state index is 12.6. The predicted octanol–water partition coefficient (Wildman–Crippen LogP) is 2.06. The molecule has 0 spiro atoms. The van der Waals surface area contributed by atoms with Gasteiger partial charge in [0.15, 0.2) is 0 Å². The molecule has 110 valence electrons. The van der Waals surface area contributed by atoms with Crippen LogP contribution in [0, 0.1) is 17.8 Å². The molecule has 2 aliphatic carbocycles. The third-order valence-electron chi connectivity index (χ3n) is 4.98. The van der Waals surface area contributed by atoms with E-state index in [0.29, 0.717) is 5.92 Å². The van der Waals surface area contributed by atoms with E-state index in [0.717, 1.165) is 44.9 Å². The summed E-state index contributed by atoms with van der Waals surface area (Å²) in [6.07, 6.45) is 7.02. The smallest absolute Gasteiger partial charge is 0.277 e. The maximum Gasteiger partial charge on any atom is 0.331 e. The normalized spacial score (nSPS) is 34.5. The molecule has 3 atom stereocenters. The molecule has 0 radical (unpaired) electrons. The standard InChI is InChI=1S/C15H22N2O3/c1-2-5-10-8-11(10)17-14(19)12(9-6-3-4-7-9)13(18)16-15(17)20/h9-12H,2-8H2,1H3,(H,16,18,20). The lowest BCUT2D eigenvalue weighted by Crippen LogP contribution is -2.60. The molecular formula is C15H22N2O3. The zero-order chi connectivity index (χ0) is 14.3. The van der Waals surface area contributed by atoms with Crippen molar-refractivity contribution in [3.05, 3.63) is 0 Å². The summed E-state index contributed by atoms with van der Waals surface area (Å²) in [5.74, 6) is -0.684. The number of barbiturate groups is 1. The largest absolute Gasteiger partial charge is 0.331 e. The van der Waals surface area contributed by atoms with E-state index in [1.165, 1.54) is 4.90 Å². The van der Waals surface area contributed by atoms with Gasteiger partial charge in [-0.05, 0) is 37.5 Å². The number of hydrogen-bond donors (Lipinski definition) is 1. The van der Waals surface area contributed by atoms with Crippen LogP contribution in [0.2, 0.25) is 0 Å². The number of hydrogen-bond acceptors (Lipinski definition) is 3. The van der Waals surface area contributed by atoms with E-state index in [1.807, 2.05) is 0 Å². The lowest BCUT2D eigenvalue weighted by molar-refractivity contribution is -0.145. The highest BCUT2D eigenvalue weighted by Crippen LogP contribution is 2.42. The van der Waals surface area contributed by atoms with Gasteiger partial charge in [-0.15, -0.1) is 0 Å². The van der Waals surface area contributed by atoms with Crippen molar-refractivity contribution in [3.63, 3.8) is 0 Å². The Labute approximate surface area is 119 Å². The van der Waals surface area contributed by atoms with Crippen LogP contribution in [0.4, 0.5) is 4.79 Å². The van der Waals surface area contributed by atoms with E-state index in [9.17, 15) is 14.4 Å². The van der Waals surface area contributed by atoms with Gasteiger partial charge >= 0.3 is 6.03 Å². The molecule has 5 nitrogen and oxygen atoms in total. The molecule has 3 aliphatic rings. The minimum atomic E-state index is -0.627. The Bertz CT molecular complexity index is 442. The van der Waals surface area contributed by atoms with Crippen molar-refractivity contribution in [3.8, 4) is 0 Å². The molecule has 1 aliphatic heterocycles. The molecule has 2 saturated carbocycles. The quantitative estimate of drug-likeness (QED) is 0.800. The number of nitrogens with zero attached hydrogens (tertiary/aromatic N) is 1. The van der Waals surface area contributed by atoms with Crippen molar-refractivity contribution in [2.45, 2.75) is 57.9 Å². The first-order valence-corrected chi connectivity index (χ1v) is 7.81. The van der Waals surface area contributed by atoms with Gasteiger partial charge < -0.3 is 0 Å². The summed E-state index contributed by atoms with van der Waals surface area (Å²) in [7, 11) is 0. The fraction of sp³-hybridized carbons (Fsp3) is 0.800. The third kappa shape index (κ3) is 2.23. The summed E-state index contributed by atoms with van der Waals surface area (Å²) in [6, 6.07) is -0.475. The number of amides is 4. The van der Waals surface area contributed by atoms with Gasteiger partial charge in [-0.25, -0.2) is 4.79 Å². The van der Waals surface area contributed by atoms with Crippen molar-refractivity contribution in [1.29, 1.82) is 0 Å². The SMILES string of the molecule is CCCC1CC1N1C(=O)NC(=O)C(C2CCCC2)C1=O. The molecule has 3 rings (SSSR count). The number of imide groups is 2. The fourth-order valence-corrected chi connectivity index (χ4v) is 3.85. The average molecular weight is 278 g/mol. The number of carbonyl (C=O) groups excluding carboxylic acids is 3. The van der Waals surface area contributed by atoms with Gasteiger partial charge in [0.2, 0.25) is 11.8 Å². The van der Waals surface area contributed by atoms with Crippen LogP contribution in [0.1, 0.15) is 51.9 Å². The number of urea groups is 1. The summed E-state index contributed by atoms with van der Waals surface area (Å²) < 4.78 is 0. The summed E-state index contributed by atoms with van der Waals surface area (Å²) in [4.78, 5) is 38.0. The van der Waals surface area contributed by atoms with Gasteiger partial charge in [-0.3, -0.25) is 19.8 Å². The molecule has 3 fully saturated rings. The molecule has 0 bridgehead atoms. The number of rotatable bonds is 4. The van der Waals surface area contributed by atoms with E-state index < -0.39 is 11.9 Å². The summed E-state index contributed by atoms with van der Waals surface area (Å²) in [6.45, 7) is 2.11. The van der Waals surface area contributed by atoms with Gasteiger partial charge in [0.05, 0.1) is 0 Å². The highest BCUT2D eigenvalue weighted by Gasteiger charge is 2.53. The van der Waals surface area contributed by atoms with Crippen molar-refractivity contribution in [2.24, 2.45) is 17.8 Å². The minimum Gasteiger partial charge on any atom is -0.277 e. The molecule has 4 amide bonds. The van der Waals surface area contributed by atoms with Crippen molar-refractivity contribution < 1.29 is 14.4 Å². The molecule has 0 aromatic heterocycles. The van der Waals surface area contributed by atoms with Crippen LogP contribution in [0.25, 0.3) is 0 Å². The van der Waals surface area contributed by atoms with Gasteiger partial charge in [0.25, 0.3) is 0 Å². The second-order valence-electron chi connectivity index (χ2n) is 6.38. The second kappa shape index (κ2) is 5.19. The molecule has 20 heavy (non-hydrogen) atoms. The van der Waals surface area contributed by atoms with Crippen LogP contribution in [0.5, 0.6) is 0 Å². The van der Waals surface area contributed by atoms with Crippen LogP contribution in [-0.2, 0) is 9.59 Å². The molecule has 1 N–H and O–H groups in total. The summed E-state index contributed by atoms with van der Waals surface area (Å²) >= 11 is 0. The highest BCUT2D eigenvalue weighted by atomic mass is 16.2. The molecule has 1 saturated heterocycles. The summed E-state index contributed by atoms with van der Waals surface area (Å²) in [5, 5.41) is 2.40. The first-order chi connectivity index (χ1) is 9.63. The van der Waals surface area contributed by atoms with Gasteiger partial charge in [-0.2, -0.15) is 0 Å². The van der Waals surface area contributed by atoms with E-state index in [1.54, 1.807) is 0 Å². The van der Waals surface area contributed by atoms with Crippen LogP contribution >= 0.6 is 0 Å². The van der Waals surface area contributed by atoms with E-state index in [2.05, 4.69) is 12.2 Å². The van der Waals surface area contributed by atoms with Crippen molar-refractivity contribution >= 4 is 17.8 Å². The third-order valence-corrected chi connectivity index (χ3v) is 4.98. The zero-order valence-corrected chi connectivity index (χ0v) is 11.9. The van der Waals surface area contributed by atoms with Crippen LogP contribution in [-0.4, -0.2) is 28.8 Å². The number of carbonyl (C=O) groups is 3. The number of nitrogens with one attached hydrogen (secondary N) is 1. The highest BCUT2D eigenvalue weighted by molar-refractivity contribution is 6.16. The molecule has 5 heteroatoms. The van der Waals surface area contributed by atoms with Gasteiger partial charge in [-0.1, -0.05) is 26.2 Å². The van der Waals surface area contributed by atoms with Crippen molar-refractivity contribution in [1.82, 2.24) is 10.2 Å². The van der Waals surface area contributed by atoms with Crippen molar-refractivity contribution in [2.75, 3.05) is 0 Å². The minimum absolute atomic E-state index is 0.0273. The van der Waals surface area contributed by atoms with E-state index in [-0.39, 0.29) is 23.8 Å². The lowest BCUT2D eigenvalue weighted by atomic mass is 9.87. The molecule has 3 unspecified atom stereocenters. The Morgan fingerprint density at radius 2 is 1.90 bits per heavy atom. The Morgan fingerprint density at radius 3 is 2.55 bits per heavy atom. The van der Waals surface area contributed by atoms with Crippen LogP contribution < -0.4 is 5.32 Å². The first kappa shape index (κ1) is 13.6. The van der Waals surface area contributed by atoms with Gasteiger partial charge in [0.1, 0.15) is 5.92 Å². The fourth-order valence-electron chi connectivity index (χ4n) is 3.85. The predicted molar refractivity (Wildman–Crippen MR) is 72.6 cm³/mol. The lowest BCUT2D eigenvalue weighted by Gasteiger charge is -2.33. The van der Waals surface area contributed by atoms with E-state index in [4.69, 9.17) is 0 Å². The summed E-state index contributed by atoms with van der Waals surface area (Å²) in [5.41, 5.74) is 0. The van der Waals surface area contributed by atoms with Crippen LogP contribution in [0.3, 0.4) is 0 Å². The van der Waals surface area contributed by atoms with Crippen LogP contribution in [0.15, 0.2) is 0 Å². The first-order valence-electron chi connectivity index (χ1n) is 7.81.